The van der Waals surface area contributed by atoms with Crippen LogP contribution in [-0.2, 0) is 14.8 Å². The number of rotatable bonds is 3. The first-order chi connectivity index (χ1) is 7.44. The molecule has 0 saturated carbocycles. The molecular formula is C7H4FNO4S3. The van der Waals surface area contributed by atoms with Crippen molar-refractivity contribution < 1.29 is 22.3 Å². The summed E-state index contributed by atoms with van der Waals surface area (Å²) in [5.41, 5.74) is -0.404. The molecule has 5 nitrogen and oxygen atoms in total. The second-order valence-corrected chi connectivity index (χ2v) is 4.95. The summed E-state index contributed by atoms with van der Waals surface area (Å²) >= 11 is 4.58. The number of methoxy groups -OCH3 is 1. The van der Waals surface area contributed by atoms with Crippen LogP contribution in [0.3, 0.4) is 0 Å². The molecule has 1 rings (SSSR count). The largest absolute Gasteiger partial charge is 0.465 e. The molecule has 0 aromatic carbocycles. The smallest absolute Gasteiger partial charge is 0.340 e. The van der Waals surface area contributed by atoms with E-state index in [1.165, 1.54) is 0 Å². The molecule has 0 aliphatic rings. The SMILES string of the molecule is COC(=O)c1csc(F)c1S(=O)(=O)N=C=S. The van der Waals surface area contributed by atoms with Crippen LogP contribution in [-0.4, -0.2) is 26.7 Å². The summed E-state index contributed by atoms with van der Waals surface area (Å²) < 4.78 is 43.2. The third kappa shape index (κ3) is 2.33. The molecule has 0 aliphatic carbocycles. The lowest BCUT2D eigenvalue weighted by Crippen LogP contribution is -2.07. The minimum absolute atomic E-state index is 0.404. The van der Waals surface area contributed by atoms with Gasteiger partial charge in [-0.2, -0.15) is 12.8 Å². The van der Waals surface area contributed by atoms with E-state index in [9.17, 15) is 17.6 Å². The zero-order valence-corrected chi connectivity index (χ0v) is 10.2. The number of isothiocyanates is 1. The van der Waals surface area contributed by atoms with Crippen molar-refractivity contribution in [3.05, 3.63) is 16.1 Å². The van der Waals surface area contributed by atoms with Crippen LogP contribution in [0.15, 0.2) is 14.7 Å². The van der Waals surface area contributed by atoms with E-state index < -0.39 is 31.6 Å². The third-order valence-electron chi connectivity index (χ3n) is 1.52. The van der Waals surface area contributed by atoms with Crippen molar-refractivity contribution in [1.29, 1.82) is 0 Å². The van der Waals surface area contributed by atoms with E-state index in [0.717, 1.165) is 12.5 Å². The molecule has 0 unspecified atom stereocenters. The van der Waals surface area contributed by atoms with Gasteiger partial charge in [0.15, 0.2) is 10.0 Å². The highest BCUT2D eigenvalue weighted by Crippen LogP contribution is 2.27. The minimum atomic E-state index is -4.34. The van der Waals surface area contributed by atoms with Crippen molar-refractivity contribution in [3.63, 3.8) is 0 Å². The van der Waals surface area contributed by atoms with E-state index in [1.54, 1.807) is 5.16 Å². The maximum atomic E-state index is 13.2. The second-order valence-electron chi connectivity index (χ2n) is 2.40. The van der Waals surface area contributed by atoms with Crippen molar-refractivity contribution in [2.45, 2.75) is 4.90 Å². The highest BCUT2D eigenvalue weighted by Gasteiger charge is 2.28. The Bertz CT molecular complexity index is 570. The van der Waals surface area contributed by atoms with Gasteiger partial charge in [0, 0.05) is 5.38 Å². The summed E-state index contributed by atoms with van der Waals surface area (Å²) in [5.74, 6) is -0.960. The monoisotopic (exact) mass is 281 g/mol. The minimum Gasteiger partial charge on any atom is -0.465 e. The molecule has 0 saturated heterocycles. The summed E-state index contributed by atoms with van der Waals surface area (Å²) in [6.07, 6.45) is 0. The van der Waals surface area contributed by atoms with Gasteiger partial charge in [-0.1, -0.05) is 0 Å². The molecule has 0 radical (unpaired) electrons. The van der Waals surface area contributed by atoms with E-state index in [0.29, 0.717) is 11.3 Å². The standard InChI is InChI=1S/C7H4FNO4S3/c1-13-7(10)4-2-15-6(8)5(4)16(11,12)9-3-14/h2H,1H3. The number of carbonyl (C=O) groups is 1. The molecule has 0 N–H and O–H groups in total. The number of carbonyl (C=O) groups excluding carboxylic acids is 1. The van der Waals surface area contributed by atoms with Crippen LogP contribution in [0.4, 0.5) is 4.39 Å². The fourth-order valence-electron chi connectivity index (χ4n) is 0.909. The van der Waals surface area contributed by atoms with Gasteiger partial charge in [-0.25, -0.2) is 4.79 Å². The van der Waals surface area contributed by atoms with E-state index in [2.05, 4.69) is 21.4 Å². The number of halogens is 1. The lowest BCUT2D eigenvalue weighted by Gasteiger charge is -1.99. The zero-order valence-electron chi connectivity index (χ0n) is 7.76. The molecule has 16 heavy (non-hydrogen) atoms. The van der Waals surface area contributed by atoms with E-state index in [-0.39, 0.29) is 0 Å². The molecular weight excluding hydrogens is 277 g/mol. The fraction of sp³-hybridized carbons (Fsp3) is 0.143. The van der Waals surface area contributed by atoms with Crippen molar-refractivity contribution in [3.8, 4) is 0 Å². The van der Waals surface area contributed by atoms with Crippen LogP contribution in [0.2, 0.25) is 0 Å². The number of nitrogens with zero attached hydrogens (tertiary/aromatic N) is 1. The number of hydrogen-bond acceptors (Lipinski definition) is 6. The van der Waals surface area contributed by atoms with Crippen LogP contribution < -0.4 is 0 Å². The summed E-state index contributed by atoms with van der Waals surface area (Å²) in [6.45, 7) is 0. The van der Waals surface area contributed by atoms with Crippen molar-refractivity contribution >= 4 is 44.7 Å². The Balaban J connectivity index is 3.50. The number of ether oxygens (including phenoxy) is 1. The van der Waals surface area contributed by atoms with Gasteiger partial charge in [-0.05, 0) is 12.2 Å². The molecule has 0 fully saturated rings. The first kappa shape index (κ1) is 12.9. The fourth-order valence-corrected chi connectivity index (χ4v) is 3.20. The van der Waals surface area contributed by atoms with Gasteiger partial charge in [0.25, 0.3) is 10.0 Å². The Kier molecular flexibility index (Phi) is 3.87. The molecule has 1 heterocycles. The molecule has 0 amide bonds. The van der Waals surface area contributed by atoms with Gasteiger partial charge in [0.1, 0.15) is 0 Å². The lowest BCUT2D eigenvalue weighted by atomic mass is 10.3. The Labute approximate surface area is 99.6 Å². The van der Waals surface area contributed by atoms with Gasteiger partial charge in [-0.3, -0.25) is 0 Å². The van der Waals surface area contributed by atoms with Crippen LogP contribution in [0.25, 0.3) is 0 Å². The molecule has 1 aromatic heterocycles. The number of esters is 1. The summed E-state index contributed by atoms with van der Waals surface area (Å²) in [7, 11) is -3.29. The number of thiophene rings is 1. The van der Waals surface area contributed by atoms with Crippen LogP contribution in [0.5, 0.6) is 0 Å². The number of hydrogen-bond donors (Lipinski definition) is 0. The second kappa shape index (κ2) is 4.79. The lowest BCUT2D eigenvalue weighted by molar-refractivity contribution is 0.0596. The predicted octanol–water partition coefficient (Wildman–Crippen LogP) is 1.47. The molecule has 0 bridgehead atoms. The van der Waals surface area contributed by atoms with E-state index in [1.807, 2.05) is 0 Å². The normalized spacial score (nSPS) is 10.6. The van der Waals surface area contributed by atoms with Gasteiger partial charge in [0.05, 0.1) is 17.8 Å². The molecule has 1 aromatic rings. The first-order valence-electron chi connectivity index (χ1n) is 3.63. The Morgan fingerprint density at radius 3 is 2.81 bits per heavy atom. The van der Waals surface area contributed by atoms with Gasteiger partial charge in [-0.15, -0.1) is 15.7 Å². The van der Waals surface area contributed by atoms with Gasteiger partial charge >= 0.3 is 5.97 Å². The molecule has 86 valence electrons. The molecule has 0 aliphatic heterocycles. The maximum absolute atomic E-state index is 13.2. The van der Waals surface area contributed by atoms with Crippen molar-refractivity contribution in [2.24, 2.45) is 4.40 Å². The van der Waals surface area contributed by atoms with Crippen LogP contribution >= 0.6 is 23.6 Å². The van der Waals surface area contributed by atoms with Crippen molar-refractivity contribution in [2.75, 3.05) is 7.11 Å². The summed E-state index contributed by atoms with van der Waals surface area (Å²) in [5, 5.41) is 1.60. The quantitative estimate of drug-likeness (QED) is 0.476. The molecule has 0 atom stereocenters. The predicted molar refractivity (Wildman–Crippen MR) is 57.8 cm³/mol. The highest BCUT2D eigenvalue weighted by atomic mass is 32.2. The van der Waals surface area contributed by atoms with E-state index >= 15 is 0 Å². The third-order valence-corrected chi connectivity index (χ3v) is 3.87. The van der Waals surface area contributed by atoms with Crippen molar-refractivity contribution in [1.82, 2.24) is 0 Å². The topological polar surface area (TPSA) is 72.8 Å². The van der Waals surface area contributed by atoms with Gasteiger partial charge in [0.2, 0.25) is 0 Å². The Morgan fingerprint density at radius 2 is 2.31 bits per heavy atom. The van der Waals surface area contributed by atoms with E-state index in [4.69, 9.17) is 0 Å². The van der Waals surface area contributed by atoms with Crippen LogP contribution in [0, 0.1) is 5.13 Å². The maximum Gasteiger partial charge on any atom is 0.340 e. The number of thiocarbonyl (C=S) groups is 1. The average molecular weight is 281 g/mol. The zero-order chi connectivity index (χ0) is 12.3. The first-order valence-corrected chi connectivity index (χ1v) is 6.36. The average Bonchev–Trinajstić information content (AvgIpc) is 2.59. The van der Waals surface area contributed by atoms with Crippen LogP contribution in [0.1, 0.15) is 10.4 Å². The Hall–Kier alpha value is -1.15. The summed E-state index contributed by atoms with van der Waals surface area (Å²) in [6, 6.07) is 0. The Morgan fingerprint density at radius 1 is 1.69 bits per heavy atom. The molecule has 0 spiro atoms. The van der Waals surface area contributed by atoms with Gasteiger partial charge < -0.3 is 4.74 Å². The highest BCUT2D eigenvalue weighted by molar-refractivity contribution is 7.91. The molecule has 9 heteroatoms. The number of sulfonamides is 1. The summed E-state index contributed by atoms with van der Waals surface area (Å²) in [4.78, 5) is 10.3.